The molecule has 1 N–H and O–H groups in total. The second-order valence-corrected chi connectivity index (χ2v) is 8.26. The smallest absolute Gasteiger partial charge is 0.407 e. The van der Waals surface area contributed by atoms with Crippen LogP contribution in [0.2, 0.25) is 0 Å². The van der Waals surface area contributed by atoms with E-state index in [-0.39, 0.29) is 29.3 Å². The van der Waals surface area contributed by atoms with Crippen LogP contribution in [0.1, 0.15) is 34.6 Å². The molecule has 0 radical (unpaired) electrons. The summed E-state index contributed by atoms with van der Waals surface area (Å²) in [5.41, 5.74) is 0. The maximum atomic E-state index is 12.2. The number of hydrogen-bond donors (Lipinski definition) is 1. The van der Waals surface area contributed by atoms with Gasteiger partial charge in [-0.3, -0.25) is 14.4 Å². The van der Waals surface area contributed by atoms with Crippen molar-refractivity contribution in [1.29, 1.82) is 0 Å². The molecule has 0 bridgehead atoms. The van der Waals surface area contributed by atoms with Crippen LogP contribution in [0.3, 0.4) is 0 Å². The van der Waals surface area contributed by atoms with Crippen molar-refractivity contribution in [3.63, 3.8) is 0 Å². The number of methoxy groups -OCH3 is 1. The number of hydrogen-bond acceptors (Lipinski definition) is 11. The maximum absolute atomic E-state index is 12.2. The highest BCUT2D eigenvalue weighted by Crippen LogP contribution is 2.33. The Hall–Kier alpha value is -2.34. The number of carbonyl (C=O) groups is 5. The summed E-state index contributed by atoms with van der Waals surface area (Å²) in [6.45, 7) is 7.06. The fraction of sp³-hybridized carbons (Fsp3) is 0.737. The lowest BCUT2D eigenvalue weighted by Gasteiger charge is -2.42. The van der Waals surface area contributed by atoms with E-state index < -0.39 is 48.5 Å². The minimum Gasteiger partial charge on any atom is -0.467 e. The third kappa shape index (κ3) is 8.74. The molecule has 11 nitrogen and oxygen atoms in total. The first-order valence-electron chi connectivity index (χ1n) is 9.60. The average molecular weight is 464 g/mol. The van der Waals surface area contributed by atoms with E-state index in [4.69, 9.17) is 18.9 Å². The van der Waals surface area contributed by atoms with Crippen molar-refractivity contribution < 1.29 is 47.7 Å². The highest BCUT2D eigenvalue weighted by molar-refractivity contribution is 8.13. The number of alkyl carbamates (subject to hydrolysis) is 1. The van der Waals surface area contributed by atoms with E-state index in [1.54, 1.807) is 13.8 Å². The summed E-state index contributed by atoms with van der Waals surface area (Å²) in [5.74, 6) is -2.42. The Kier molecular flexibility index (Phi) is 10.8. The maximum Gasteiger partial charge on any atom is 0.407 e. The zero-order valence-electron chi connectivity index (χ0n) is 18.4. The van der Waals surface area contributed by atoms with Gasteiger partial charge in [-0.1, -0.05) is 25.6 Å². The molecule has 31 heavy (non-hydrogen) atoms. The zero-order valence-corrected chi connectivity index (χ0v) is 19.2. The second kappa shape index (κ2) is 12.5. The largest absolute Gasteiger partial charge is 0.467 e. The summed E-state index contributed by atoms with van der Waals surface area (Å²) < 4.78 is 26.0. The van der Waals surface area contributed by atoms with Gasteiger partial charge in [0.05, 0.1) is 7.11 Å². The number of ether oxygens (including phenoxy) is 5. The van der Waals surface area contributed by atoms with Crippen LogP contribution in [0.15, 0.2) is 0 Å². The molecule has 0 spiro atoms. The van der Waals surface area contributed by atoms with E-state index in [1.165, 1.54) is 20.8 Å². The lowest BCUT2D eigenvalue weighted by Crippen LogP contribution is -2.54. The first kappa shape index (κ1) is 26.7. The number of rotatable bonds is 8. The fourth-order valence-electron chi connectivity index (χ4n) is 2.92. The minimum absolute atomic E-state index is 0.0316. The van der Waals surface area contributed by atoms with Gasteiger partial charge in [-0.25, -0.2) is 9.59 Å². The van der Waals surface area contributed by atoms with Crippen LogP contribution in [-0.2, 0) is 42.9 Å². The quantitative estimate of drug-likeness (QED) is 0.407. The highest BCUT2D eigenvalue weighted by atomic mass is 32.2. The van der Waals surface area contributed by atoms with Gasteiger partial charge in [0.2, 0.25) is 6.29 Å². The van der Waals surface area contributed by atoms with Crippen molar-refractivity contribution in [3.8, 4) is 0 Å². The highest BCUT2D eigenvalue weighted by Gasteiger charge is 2.45. The van der Waals surface area contributed by atoms with Crippen molar-refractivity contribution >= 4 is 40.9 Å². The monoisotopic (exact) mass is 463 g/mol. The molecule has 1 amide bonds. The number of carbonyl (C=O) groups excluding carboxylic acids is 5. The van der Waals surface area contributed by atoms with Crippen molar-refractivity contribution in [2.75, 3.05) is 19.5 Å². The van der Waals surface area contributed by atoms with E-state index in [9.17, 15) is 24.0 Å². The molecule has 0 aromatic heterocycles. The number of amides is 1. The lowest BCUT2D eigenvalue weighted by atomic mass is 9.84. The normalized spacial score (nSPS) is 26.2. The fourth-order valence-corrected chi connectivity index (χ4v) is 3.54. The standard InChI is InChI=1S/C19H29NO10S/c1-9-10(2)18(29-12(4)22)30-15(16(9)28-11(3)21)7-27-19(25)20-14(17(24)26-6)8-31-13(5)23/h9-10,14-16,18H,7-8H2,1-6H3,(H,20,25). The zero-order chi connectivity index (χ0) is 23.7. The Labute approximate surface area is 184 Å². The first-order valence-corrected chi connectivity index (χ1v) is 10.6. The first-order chi connectivity index (χ1) is 14.5. The van der Waals surface area contributed by atoms with Crippen LogP contribution in [0, 0.1) is 11.8 Å². The van der Waals surface area contributed by atoms with Crippen molar-refractivity contribution in [2.45, 2.75) is 59.2 Å². The Morgan fingerprint density at radius 2 is 1.61 bits per heavy atom. The van der Waals surface area contributed by atoms with E-state index in [1.807, 2.05) is 0 Å². The van der Waals surface area contributed by atoms with Gasteiger partial charge in [-0.2, -0.15) is 0 Å². The van der Waals surface area contributed by atoms with Gasteiger partial charge in [0.1, 0.15) is 24.9 Å². The summed E-state index contributed by atoms with van der Waals surface area (Å²) in [7, 11) is 1.15. The molecule has 1 fully saturated rings. The summed E-state index contributed by atoms with van der Waals surface area (Å²) >= 11 is 0.844. The van der Waals surface area contributed by atoms with E-state index in [2.05, 4.69) is 10.1 Å². The molecule has 1 saturated heterocycles. The molecule has 6 unspecified atom stereocenters. The molecule has 1 aliphatic rings. The molecule has 0 aromatic rings. The molecule has 176 valence electrons. The number of nitrogens with one attached hydrogen (secondary N) is 1. The van der Waals surface area contributed by atoms with Gasteiger partial charge >= 0.3 is 24.0 Å². The van der Waals surface area contributed by atoms with Gasteiger partial charge in [-0.15, -0.1) is 0 Å². The van der Waals surface area contributed by atoms with Crippen LogP contribution < -0.4 is 5.32 Å². The topological polar surface area (TPSA) is 144 Å². The summed E-state index contributed by atoms with van der Waals surface area (Å²) in [6, 6.07) is -1.10. The van der Waals surface area contributed by atoms with E-state index >= 15 is 0 Å². The number of esters is 3. The van der Waals surface area contributed by atoms with Gasteiger partial charge in [0.25, 0.3) is 0 Å². The van der Waals surface area contributed by atoms with Crippen LogP contribution in [-0.4, -0.2) is 73.1 Å². The van der Waals surface area contributed by atoms with E-state index in [0.717, 1.165) is 18.9 Å². The van der Waals surface area contributed by atoms with Crippen LogP contribution in [0.25, 0.3) is 0 Å². The van der Waals surface area contributed by atoms with Crippen molar-refractivity contribution in [3.05, 3.63) is 0 Å². The van der Waals surface area contributed by atoms with Gasteiger partial charge in [-0.05, 0) is 0 Å². The molecule has 12 heteroatoms. The Bertz CT molecular complexity index is 685. The van der Waals surface area contributed by atoms with Crippen molar-refractivity contribution in [2.24, 2.45) is 11.8 Å². The van der Waals surface area contributed by atoms with Crippen LogP contribution >= 0.6 is 11.8 Å². The lowest BCUT2D eigenvalue weighted by molar-refractivity contribution is -0.264. The van der Waals surface area contributed by atoms with E-state index in [0.29, 0.717) is 0 Å². The predicted molar refractivity (Wildman–Crippen MR) is 108 cm³/mol. The molecule has 1 aliphatic heterocycles. The number of thioether (sulfide) groups is 1. The third-order valence-corrected chi connectivity index (χ3v) is 5.55. The SMILES string of the molecule is COC(=O)C(CSC(C)=O)NC(=O)OCC1OC(OC(C)=O)C(C)C(C)C1OC(C)=O. The van der Waals surface area contributed by atoms with Gasteiger partial charge < -0.3 is 29.0 Å². The Morgan fingerprint density at radius 1 is 1.00 bits per heavy atom. The summed E-state index contributed by atoms with van der Waals surface area (Å²) in [6.07, 6.45) is -3.53. The summed E-state index contributed by atoms with van der Waals surface area (Å²) in [5, 5.41) is 2.09. The third-order valence-electron chi connectivity index (χ3n) is 4.65. The molecule has 6 atom stereocenters. The molecular formula is C19H29NO10S. The van der Waals surface area contributed by atoms with Gasteiger partial charge in [0, 0.05) is 38.4 Å². The molecule has 0 aromatic carbocycles. The molecule has 1 rings (SSSR count). The molecular weight excluding hydrogens is 434 g/mol. The molecule has 1 heterocycles. The Balaban J connectivity index is 2.82. The minimum atomic E-state index is -1.10. The van der Waals surface area contributed by atoms with Crippen LogP contribution in [0.5, 0.6) is 0 Å². The molecule has 0 saturated carbocycles. The average Bonchev–Trinajstić information content (AvgIpc) is 2.68. The van der Waals surface area contributed by atoms with Crippen molar-refractivity contribution in [1.82, 2.24) is 5.32 Å². The molecule has 0 aliphatic carbocycles. The summed E-state index contributed by atoms with van der Waals surface area (Å²) in [4.78, 5) is 58.1. The van der Waals surface area contributed by atoms with Gasteiger partial charge in [0.15, 0.2) is 5.12 Å². The predicted octanol–water partition coefficient (Wildman–Crippen LogP) is 1.03. The second-order valence-electron chi connectivity index (χ2n) is 7.07. The van der Waals surface area contributed by atoms with Crippen LogP contribution in [0.4, 0.5) is 4.79 Å². The Morgan fingerprint density at radius 3 is 2.13 bits per heavy atom.